The second kappa shape index (κ2) is 6.37. The summed E-state index contributed by atoms with van der Waals surface area (Å²) in [5.41, 5.74) is 4.79. The molecule has 3 heteroatoms. The predicted molar refractivity (Wildman–Crippen MR) is 84.9 cm³/mol. The molecule has 2 aromatic rings. The Labute approximate surface area is 126 Å². The smallest absolute Gasteiger partial charge is 0.0704 e. The Bertz CT molecular complexity index is 597. The van der Waals surface area contributed by atoms with Crippen molar-refractivity contribution in [3.8, 4) is 11.3 Å². The highest BCUT2D eigenvalue weighted by Gasteiger charge is 2.23. The number of hydrogen-bond donors (Lipinski definition) is 1. The molecule has 1 aromatic heterocycles. The lowest BCUT2D eigenvalue weighted by atomic mass is 10.0. The molecule has 2 heterocycles. The van der Waals surface area contributed by atoms with Crippen LogP contribution in [0.4, 0.5) is 0 Å². The van der Waals surface area contributed by atoms with Gasteiger partial charge in [0.05, 0.1) is 12.3 Å². The van der Waals surface area contributed by atoms with E-state index in [1.54, 1.807) is 0 Å². The van der Waals surface area contributed by atoms with E-state index in [4.69, 9.17) is 0 Å². The largest absolute Gasteiger partial charge is 0.395 e. The van der Waals surface area contributed by atoms with Gasteiger partial charge in [-0.25, -0.2) is 0 Å². The molecule has 0 radical (unpaired) electrons. The number of aliphatic hydroxyl groups excluding tert-OH is 1. The summed E-state index contributed by atoms with van der Waals surface area (Å²) < 4.78 is 0. The second-order valence-electron chi connectivity index (χ2n) is 5.81. The van der Waals surface area contributed by atoms with Crippen molar-refractivity contribution < 1.29 is 5.11 Å². The summed E-state index contributed by atoms with van der Waals surface area (Å²) in [5.74, 6) is 0. The summed E-state index contributed by atoms with van der Waals surface area (Å²) in [6, 6.07) is 12.9. The lowest BCUT2D eigenvalue weighted by Gasteiger charge is -2.23. The highest BCUT2D eigenvalue weighted by Crippen LogP contribution is 2.24. The first-order valence-corrected chi connectivity index (χ1v) is 7.64. The van der Waals surface area contributed by atoms with Crippen LogP contribution < -0.4 is 0 Å². The Balaban J connectivity index is 1.78. The fourth-order valence-electron chi connectivity index (χ4n) is 3.18. The highest BCUT2D eigenvalue weighted by atomic mass is 16.3. The van der Waals surface area contributed by atoms with E-state index < -0.39 is 0 Å². The standard InChI is InChI=1S/C18H22N2O/c1-14-11-15(12-20-10-4-5-16(20)13-21)7-8-17(14)18-6-2-3-9-19-18/h2-3,6-9,11,16,21H,4-5,10,12-13H2,1H3/t16-/m0/s1. The zero-order valence-corrected chi connectivity index (χ0v) is 12.5. The number of aromatic nitrogens is 1. The average Bonchev–Trinajstić information content (AvgIpc) is 2.95. The van der Waals surface area contributed by atoms with Gasteiger partial charge in [0, 0.05) is 24.3 Å². The number of aliphatic hydroxyl groups is 1. The lowest BCUT2D eigenvalue weighted by Crippen LogP contribution is -2.31. The molecular formula is C18H22N2O. The summed E-state index contributed by atoms with van der Waals surface area (Å²) in [6.07, 6.45) is 4.14. The molecule has 0 bridgehead atoms. The van der Waals surface area contributed by atoms with Crippen LogP contribution in [0.2, 0.25) is 0 Å². The zero-order valence-electron chi connectivity index (χ0n) is 12.5. The minimum absolute atomic E-state index is 0.269. The predicted octanol–water partition coefficient (Wildman–Crippen LogP) is 3.01. The molecule has 1 fully saturated rings. The van der Waals surface area contributed by atoms with Crippen LogP contribution in [-0.4, -0.2) is 34.2 Å². The van der Waals surface area contributed by atoms with Crippen molar-refractivity contribution >= 4 is 0 Å². The first-order valence-electron chi connectivity index (χ1n) is 7.64. The molecule has 21 heavy (non-hydrogen) atoms. The third-order valence-corrected chi connectivity index (χ3v) is 4.33. The summed E-state index contributed by atoms with van der Waals surface area (Å²) in [6.45, 7) is 4.42. The van der Waals surface area contributed by atoms with E-state index >= 15 is 0 Å². The van der Waals surface area contributed by atoms with Crippen LogP contribution in [0.1, 0.15) is 24.0 Å². The van der Waals surface area contributed by atoms with Gasteiger partial charge >= 0.3 is 0 Å². The molecule has 0 amide bonds. The van der Waals surface area contributed by atoms with E-state index in [1.807, 2.05) is 24.4 Å². The maximum atomic E-state index is 9.41. The number of rotatable bonds is 4. The molecule has 1 N–H and O–H groups in total. The van der Waals surface area contributed by atoms with Gasteiger partial charge in [0.15, 0.2) is 0 Å². The average molecular weight is 282 g/mol. The van der Waals surface area contributed by atoms with Crippen molar-refractivity contribution in [1.82, 2.24) is 9.88 Å². The van der Waals surface area contributed by atoms with Crippen LogP contribution in [0.15, 0.2) is 42.6 Å². The highest BCUT2D eigenvalue weighted by molar-refractivity contribution is 5.63. The van der Waals surface area contributed by atoms with Gasteiger partial charge in [-0.1, -0.05) is 24.3 Å². The SMILES string of the molecule is Cc1cc(CN2CCC[C@H]2CO)ccc1-c1ccccn1. The van der Waals surface area contributed by atoms with Crippen LogP contribution in [-0.2, 0) is 6.54 Å². The van der Waals surface area contributed by atoms with Gasteiger partial charge in [-0.05, 0) is 49.6 Å². The molecule has 1 aliphatic rings. The van der Waals surface area contributed by atoms with Crippen molar-refractivity contribution in [2.24, 2.45) is 0 Å². The van der Waals surface area contributed by atoms with E-state index in [2.05, 4.69) is 35.0 Å². The van der Waals surface area contributed by atoms with Crippen molar-refractivity contribution in [2.45, 2.75) is 32.4 Å². The van der Waals surface area contributed by atoms with Crippen molar-refractivity contribution in [2.75, 3.05) is 13.2 Å². The van der Waals surface area contributed by atoms with Gasteiger partial charge in [0.2, 0.25) is 0 Å². The minimum atomic E-state index is 0.269. The van der Waals surface area contributed by atoms with E-state index in [0.29, 0.717) is 6.04 Å². The van der Waals surface area contributed by atoms with Crippen molar-refractivity contribution in [1.29, 1.82) is 0 Å². The minimum Gasteiger partial charge on any atom is -0.395 e. The van der Waals surface area contributed by atoms with Crippen LogP contribution in [0, 0.1) is 6.92 Å². The summed E-state index contributed by atoms with van der Waals surface area (Å²) in [4.78, 5) is 6.81. The Hall–Kier alpha value is -1.71. The lowest BCUT2D eigenvalue weighted by molar-refractivity contribution is 0.153. The Morgan fingerprint density at radius 2 is 2.19 bits per heavy atom. The molecule has 3 nitrogen and oxygen atoms in total. The molecule has 0 spiro atoms. The molecule has 0 saturated carbocycles. The van der Waals surface area contributed by atoms with E-state index in [1.165, 1.54) is 23.1 Å². The zero-order chi connectivity index (χ0) is 14.7. The van der Waals surface area contributed by atoms with Crippen molar-refractivity contribution in [3.63, 3.8) is 0 Å². The number of aryl methyl sites for hydroxylation is 1. The van der Waals surface area contributed by atoms with Gasteiger partial charge in [0.25, 0.3) is 0 Å². The normalized spacial score (nSPS) is 19.0. The van der Waals surface area contributed by atoms with Crippen LogP contribution in [0.3, 0.4) is 0 Å². The first kappa shape index (κ1) is 14.2. The fourth-order valence-corrected chi connectivity index (χ4v) is 3.18. The fraction of sp³-hybridized carbons (Fsp3) is 0.389. The van der Waals surface area contributed by atoms with Gasteiger partial charge < -0.3 is 5.11 Å². The van der Waals surface area contributed by atoms with Crippen LogP contribution in [0.25, 0.3) is 11.3 Å². The van der Waals surface area contributed by atoms with E-state index in [0.717, 1.165) is 25.2 Å². The van der Waals surface area contributed by atoms with Crippen LogP contribution in [0.5, 0.6) is 0 Å². The third kappa shape index (κ3) is 3.14. The van der Waals surface area contributed by atoms with Crippen LogP contribution >= 0.6 is 0 Å². The molecule has 110 valence electrons. The maximum Gasteiger partial charge on any atom is 0.0704 e. The molecule has 1 aliphatic heterocycles. The summed E-state index contributed by atoms with van der Waals surface area (Å²) in [7, 11) is 0. The number of nitrogens with zero attached hydrogens (tertiary/aromatic N) is 2. The molecular weight excluding hydrogens is 260 g/mol. The quantitative estimate of drug-likeness (QED) is 0.936. The summed E-state index contributed by atoms with van der Waals surface area (Å²) in [5, 5.41) is 9.41. The van der Waals surface area contributed by atoms with Gasteiger partial charge in [0.1, 0.15) is 0 Å². The second-order valence-corrected chi connectivity index (χ2v) is 5.81. The Morgan fingerprint density at radius 1 is 1.29 bits per heavy atom. The number of likely N-dealkylation sites (tertiary alicyclic amines) is 1. The number of hydrogen-bond acceptors (Lipinski definition) is 3. The molecule has 1 atom stereocenters. The Morgan fingerprint density at radius 3 is 2.90 bits per heavy atom. The molecule has 1 aromatic carbocycles. The molecule has 1 saturated heterocycles. The van der Waals surface area contributed by atoms with E-state index in [9.17, 15) is 5.11 Å². The number of pyridine rings is 1. The molecule has 3 rings (SSSR count). The first-order chi connectivity index (χ1) is 10.3. The molecule has 0 unspecified atom stereocenters. The molecule has 0 aliphatic carbocycles. The van der Waals surface area contributed by atoms with Gasteiger partial charge in [-0.2, -0.15) is 0 Å². The Kier molecular flexibility index (Phi) is 4.32. The van der Waals surface area contributed by atoms with E-state index in [-0.39, 0.29) is 6.61 Å². The third-order valence-electron chi connectivity index (χ3n) is 4.33. The van der Waals surface area contributed by atoms with Gasteiger partial charge in [-0.3, -0.25) is 9.88 Å². The number of benzene rings is 1. The monoisotopic (exact) mass is 282 g/mol. The maximum absolute atomic E-state index is 9.41. The van der Waals surface area contributed by atoms with Crippen molar-refractivity contribution in [3.05, 3.63) is 53.7 Å². The topological polar surface area (TPSA) is 36.4 Å². The van der Waals surface area contributed by atoms with Gasteiger partial charge in [-0.15, -0.1) is 0 Å². The summed E-state index contributed by atoms with van der Waals surface area (Å²) >= 11 is 0.